The molecule has 0 saturated carbocycles. The average Bonchev–Trinajstić information content (AvgIpc) is 3.20. The lowest BCUT2D eigenvalue weighted by atomic mass is 9.88. The summed E-state index contributed by atoms with van der Waals surface area (Å²) in [6.45, 7) is 7.80. The molecule has 1 aliphatic rings. The van der Waals surface area contributed by atoms with Crippen LogP contribution in [0, 0.1) is 12.8 Å². The number of aromatic nitrogens is 1. The standard InChI is InChI=1S/C30H29ClN2O3S/c1-16(2)36-30(35)26-22-14-9-17(3)15-24(22)37-29(26)33-28(34)25-18(4)27(19-10-12-20(31)13-11-19)32-23-8-6-5-7-21(23)25/h5-8,10-13,16-17H,9,14-15H2,1-4H3,(H,33,34). The Kier molecular flexibility index (Phi) is 7.06. The molecule has 0 fully saturated rings. The zero-order chi connectivity index (χ0) is 26.3. The third kappa shape index (κ3) is 5.00. The number of fused-ring (bicyclic) bond motifs is 2. The second kappa shape index (κ2) is 10.3. The number of amides is 1. The van der Waals surface area contributed by atoms with E-state index in [2.05, 4.69) is 12.2 Å². The summed E-state index contributed by atoms with van der Waals surface area (Å²) in [5, 5.41) is 5.06. The van der Waals surface area contributed by atoms with Crippen molar-refractivity contribution in [3.63, 3.8) is 0 Å². The molecule has 1 N–H and O–H groups in total. The molecule has 1 aliphatic carbocycles. The Hall–Kier alpha value is -3.22. The molecule has 5 rings (SSSR count). The maximum atomic E-state index is 14.0. The summed E-state index contributed by atoms with van der Waals surface area (Å²) < 4.78 is 5.59. The van der Waals surface area contributed by atoms with Crippen LogP contribution in [0.5, 0.6) is 0 Å². The average molecular weight is 533 g/mol. The molecular formula is C30H29ClN2O3S. The predicted octanol–water partition coefficient (Wildman–Crippen LogP) is 7.87. The molecule has 1 unspecified atom stereocenters. The highest BCUT2D eigenvalue weighted by molar-refractivity contribution is 7.17. The minimum Gasteiger partial charge on any atom is -0.459 e. The van der Waals surface area contributed by atoms with E-state index >= 15 is 0 Å². The van der Waals surface area contributed by atoms with Gasteiger partial charge in [0.2, 0.25) is 0 Å². The third-order valence-corrected chi connectivity index (χ3v) is 8.19. The molecule has 1 atom stereocenters. The van der Waals surface area contributed by atoms with Crippen molar-refractivity contribution in [1.82, 2.24) is 4.98 Å². The molecule has 5 nitrogen and oxygen atoms in total. The summed E-state index contributed by atoms with van der Waals surface area (Å²) in [5.41, 5.74) is 5.15. The van der Waals surface area contributed by atoms with Gasteiger partial charge in [0.1, 0.15) is 5.00 Å². The van der Waals surface area contributed by atoms with Crippen LogP contribution in [-0.4, -0.2) is 23.0 Å². The molecule has 2 heterocycles. The zero-order valence-corrected chi connectivity index (χ0v) is 22.9. The molecule has 190 valence electrons. The number of carbonyl (C=O) groups excluding carboxylic acids is 2. The number of nitrogens with zero attached hydrogens (tertiary/aromatic N) is 1. The van der Waals surface area contributed by atoms with E-state index in [9.17, 15) is 9.59 Å². The van der Waals surface area contributed by atoms with Crippen molar-refractivity contribution < 1.29 is 14.3 Å². The molecule has 37 heavy (non-hydrogen) atoms. The van der Waals surface area contributed by atoms with Crippen molar-refractivity contribution in [2.24, 2.45) is 5.92 Å². The van der Waals surface area contributed by atoms with E-state index in [1.807, 2.05) is 69.3 Å². The highest BCUT2D eigenvalue weighted by Gasteiger charge is 2.30. The number of carbonyl (C=O) groups is 2. The first-order valence-electron chi connectivity index (χ1n) is 12.5. The fourth-order valence-corrected chi connectivity index (χ4v) is 6.50. The Morgan fingerprint density at radius 2 is 1.84 bits per heavy atom. The number of anilines is 1. The number of rotatable bonds is 5. The van der Waals surface area contributed by atoms with Crippen molar-refractivity contribution in [2.45, 2.75) is 53.1 Å². The van der Waals surface area contributed by atoms with Crippen LogP contribution >= 0.6 is 22.9 Å². The van der Waals surface area contributed by atoms with Gasteiger partial charge in [-0.1, -0.05) is 48.9 Å². The van der Waals surface area contributed by atoms with Crippen molar-refractivity contribution in [3.05, 3.63) is 80.7 Å². The first-order chi connectivity index (χ1) is 17.7. The number of pyridine rings is 1. The maximum absolute atomic E-state index is 14.0. The van der Waals surface area contributed by atoms with Gasteiger partial charge in [-0.3, -0.25) is 4.79 Å². The highest BCUT2D eigenvalue weighted by atomic mass is 35.5. The lowest BCUT2D eigenvalue weighted by molar-refractivity contribution is 0.0378. The second-order valence-electron chi connectivity index (χ2n) is 9.95. The molecule has 0 radical (unpaired) electrons. The van der Waals surface area contributed by atoms with Gasteiger partial charge in [-0.25, -0.2) is 9.78 Å². The number of nitrogens with one attached hydrogen (secondary N) is 1. The lowest BCUT2D eigenvalue weighted by Gasteiger charge is -2.19. The Morgan fingerprint density at radius 3 is 2.57 bits per heavy atom. The molecule has 0 saturated heterocycles. The van der Waals surface area contributed by atoms with E-state index in [-0.39, 0.29) is 18.0 Å². The monoisotopic (exact) mass is 532 g/mol. The SMILES string of the molecule is Cc1c(-c2ccc(Cl)cc2)nc2ccccc2c1C(=O)Nc1sc2c(c1C(=O)OC(C)C)CCC(C)C2. The predicted molar refractivity (Wildman–Crippen MR) is 151 cm³/mol. The van der Waals surface area contributed by atoms with Gasteiger partial charge in [0.05, 0.1) is 28.4 Å². The Balaban J connectivity index is 1.61. The Labute approximate surface area is 225 Å². The number of ether oxygens (including phenoxy) is 1. The van der Waals surface area contributed by atoms with Crippen LogP contribution in [0.25, 0.3) is 22.2 Å². The maximum Gasteiger partial charge on any atom is 0.341 e. The van der Waals surface area contributed by atoms with Crippen molar-refractivity contribution >= 4 is 50.7 Å². The molecule has 2 aromatic carbocycles. The molecule has 0 aliphatic heterocycles. The van der Waals surface area contributed by atoms with E-state index in [0.29, 0.717) is 27.1 Å². The van der Waals surface area contributed by atoms with Crippen LogP contribution in [0.3, 0.4) is 0 Å². The zero-order valence-electron chi connectivity index (χ0n) is 21.4. The molecule has 4 aromatic rings. The number of hydrogen-bond donors (Lipinski definition) is 1. The van der Waals surface area contributed by atoms with Crippen molar-refractivity contribution in [1.29, 1.82) is 0 Å². The fourth-order valence-electron chi connectivity index (χ4n) is 4.98. The minimum absolute atomic E-state index is 0.248. The summed E-state index contributed by atoms with van der Waals surface area (Å²) in [5.74, 6) is -0.107. The molecule has 0 bridgehead atoms. The molecule has 7 heteroatoms. The van der Waals surface area contributed by atoms with Gasteiger partial charge in [-0.15, -0.1) is 11.3 Å². The molecular weight excluding hydrogens is 504 g/mol. The number of esters is 1. The summed E-state index contributed by atoms with van der Waals surface area (Å²) in [4.78, 5) is 33.1. The van der Waals surface area contributed by atoms with Crippen LogP contribution in [0.4, 0.5) is 5.00 Å². The summed E-state index contributed by atoms with van der Waals surface area (Å²) in [6, 6.07) is 15.1. The van der Waals surface area contributed by atoms with Gasteiger partial charge in [-0.05, 0) is 75.3 Å². The van der Waals surface area contributed by atoms with Gasteiger partial charge in [0.25, 0.3) is 5.91 Å². The smallest absolute Gasteiger partial charge is 0.341 e. The van der Waals surface area contributed by atoms with Gasteiger partial charge in [-0.2, -0.15) is 0 Å². The molecule has 0 spiro atoms. The Morgan fingerprint density at radius 1 is 1.11 bits per heavy atom. The fraction of sp³-hybridized carbons (Fsp3) is 0.300. The number of benzene rings is 2. The van der Waals surface area contributed by atoms with E-state index in [4.69, 9.17) is 21.3 Å². The van der Waals surface area contributed by atoms with Crippen molar-refractivity contribution in [2.75, 3.05) is 5.32 Å². The first-order valence-corrected chi connectivity index (χ1v) is 13.7. The van der Waals surface area contributed by atoms with Crippen LogP contribution in [0.2, 0.25) is 5.02 Å². The minimum atomic E-state index is -0.379. The van der Waals surface area contributed by atoms with Crippen LogP contribution < -0.4 is 5.32 Å². The molecule has 2 aromatic heterocycles. The largest absolute Gasteiger partial charge is 0.459 e. The van der Waals surface area contributed by atoms with E-state index in [1.165, 1.54) is 11.3 Å². The van der Waals surface area contributed by atoms with Gasteiger partial charge < -0.3 is 10.1 Å². The topological polar surface area (TPSA) is 68.3 Å². The summed E-state index contributed by atoms with van der Waals surface area (Å²) in [7, 11) is 0. The highest BCUT2D eigenvalue weighted by Crippen LogP contribution is 2.41. The van der Waals surface area contributed by atoms with Crippen LogP contribution in [-0.2, 0) is 17.6 Å². The Bertz CT molecular complexity index is 1510. The van der Waals surface area contributed by atoms with E-state index in [0.717, 1.165) is 57.4 Å². The van der Waals surface area contributed by atoms with Gasteiger partial charge in [0, 0.05) is 20.8 Å². The van der Waals surface area contributed by atoms with Gasteiger partial charge >= 0.3 is 5.97 Å². The van der Waals surface area contributed by atoms with Crippen molar-refractivity contribution in [3.8, 4) is 11.3 Å². The summed E-state index contributed by atoms with van der Waals surface area (Å²) in [6.07, 6.45) is 2.47. The van der Waals surface area contributed by atoms with E-state index in [1.54, 1.807) is 0 Å². The van der Waals surface area contributed by atoms with Crippen LogP contribution in [0.1, 0.15) is 63.9 Å². The van der Waals surface area contributed by atoms with Gasteiger partial charge in [0.15, 0.2) is 0 Å². The summed E-state index contributed by atoms with van der Waals surface area (Å²) >= 11 is 7.60. The first kappa shape index (κ1) is 25.4. The number of halogens is 1. The normalized spacial score (nSPS) is 15.0. The van der Waals surface area contributed by atoms with E-state index < -0.39 is 0 Å². The lowest BCUT2D eigenvalue weighted by Crippen LogP contribution is -2.19. The number of thiophene rings is 1. The second-order valence-corrected chi connectivity index (χ2v) is 11.5. The van der Waals surface area contributed by atoms with Crippen LogP contribution in [0.15, 0.2) is 48.5 Å². The number of para-hydroxylation sites is 1. The third-order valence-electron chi connectivity index (χ3n) is 6.77. The molecule has 1 amide bonds. The number of hydrogen-bond acceptors (Lipinski definition) is 5. The quantitative estimate of drug-likeness (QED) is 0.265.